The molecule has 0 aromatic heterocycles. The minimum Gasteiger partial charge on any atom is -0.334 e. The third-order valence-corrected chi connectivity index (χ3v) is 5.87. The largest absolute Gasteiger partial charge is 0.334 e. The lowest BCUT2D eigenvalue weighted by Gasteiger charge is -2.31. The maximum absolute atomic E-state index is 6.26. The van der Waals surface area contributed by atoms with Crippen LogP contribution >= 0.6 is 50.9 Å². The lowest BCUT2D eigenvalue weighted by Crippen LogP contribution is -2.30. The Balaban J connectivity index is 2.22. The van der Waals surface area contributed by atoms with Crippen molar-refractivity contribution < 1.29 is 0 Å². The number of aliphatic imine (C=N–C) groups is 1. The topological polar surface area (TPSA) is 24.4 Å². The van der Waals surface area contributed by atoms with Crippen LogP contribution < -0.4 is 5.32 Å². The molecule has 110 valence electrons. The summed E-state index contributed by atoms with van der Waals surface area (Å²) in [5.74, 6) is 1.07. The van der Waals surface area contributed by atoms with Crippen molar-refractivity contribution in [1.82, 2.24) is 0 Å². The Kier molecular flexibility index (Phi) is 5.33. The molecule has 0 spiro atoms. The van der Waals surface area contributed by atoms with Crippen molar-refractivity contribution in [2.75, 3.05) is 11.1 Å². The van der Waals surface area contributed by atoms with E-state index in [4.69, 9.17) is 28.2 Å². The molecule has 1 aromatic rings. The standard InChI is InChI=1S/C14H17BrCl2N2S/c1-14(2,3)10-6-7-20-13(19-10)18-9-5-4-8(15)11(16)12(9)17/h4-5,10H,6-7H2,1-3H3,(H,18,19). The van der Waals surface area contributed by atoms with E-state index in [0.717, 1.165) is 27.5 Å². The molecule has 1 aliphatic rings. The molecule has 1 aromatic carbocycles. The van der Waals surface area contributed by atoms with Gasteiger partial charge in [-0.25, -0.2) is 0 Å². The fourth-order valence-electron chi connectivity index (χ4n) is 1.94. The fourth-order valence-corrected chi connectivity index (χ4v) is 3.68. The summed E-state index contributed by atoms with van der Waals surface area (Å²) in [4.78, 5) is 4.80. The van der Waals surface area contributed by atoms with Crippen LogP contribution in [0.1, 0.15) is 27.2 Å². The number of hydrogen-bond donors (Lipinski definition) is 1. The summed E-state index contributed by atoms with van der Waals surface area (Å²) >= 11 is 17.5. The molecule has 1 unspecified atom stereocenters. The van der Waals surface area contributed by atoms with E-state index in [1.165, 1.54) is 0 Å². The van der Waals surface area contributed by atoms with Gasteiger partial charge in [-0.2, -0.15) is 0 Å². The van der Waals surface area contributed by atoms with Crippen LogP contribution in [0.25, 0.3) is 0 Å². The number of benzene rings is 1. The van der Waals surface area contributed by atoms with E-state index in [-0.39, 0.29) is 5.41 Å². The van der Waals surface area contributed by atoms with Crippen LogP contribution in [0.5, 0.6) is 0 Å². The third kappa shape index (κ3) is 3.85. The Morgan fingerprint density at radius 1 is 1.30 bits per heavy atom. The number of halogens is 3. The second-order valence-corrected chi connectivity index (χ2v) is 8.50. The summed E-state index contributed by atoms with van der Waals surface area (Å²) in [6, 6.07) is 4.12. The molecule has 2 rings (SSSR count). The van der Waals surface area contributed by atoms with Gasteiger partial charge in [0.05, 0.1) is 21.8 Å². The molecule has 1 N–H and O–H groups in total. The summed E-state index contributed by atoms with van der Waals surface area (Å²) in [6.07, 6.45) is 1.11. The van der Waals surface area contributed by atoms with Crippen LogP contribution in [0.15, 0.2) is 21.6 Å². The number of amidine groups is 1. The molecular weight excluding hydrogens is 379 g/mol. The summed E-state index contributed by atoms with van der Waals surface area (Å²) < 4.78 is 0.792. The van der Waals surface area contributed by atoms with Crippen LogP contribution in [0.2, 0.25) is 10.0 Å². The van der Waals surface area contributed by atoms with E-state index in [1.807, 2.05) is 12.1 Å². The van der Waals surface area contributed by atoms with Crippen LogP contribution in [0.4, 0.5) is 5.69 Å². The highest BCUT2D eigenvalue weighted by atomic mass is 79.9. The number of nitrogens with zero attached hydrogens (tertiary/aromatic N) is 1. The molecule has 1 heterocycles. The molecule has 1 aliphatic heterocycles. The fraction of sp³-hybridized carbons (Fsp3) is 0.500. The predicted octanol–water partition coefficient (Wildman–Crippen LogP) is 6.08. The Bertz CT molecular complexity index is 541. The van der Waals surface area contributed by atoms with Crippen LogP contribution in [-0.2, 0) is 0 Å². The van der Waals surface area contributed by atoms with Crippen LogP contribution in [0.3, 0.4) is 0 Å². The zero-order valence-corrected chi connectivity index (χ0v) is 15.5. The van der Waals surface area contributed by atoms with Crippen LogP contribution in [-0.4, -0.2) is 17.0 Å². The van der Waals surface area contributed by atoms with Gasteiger partial charge in [-0.15, -0.1) is 0 Å². The maximum Gasteiger partial charge on any atom is 0.161 e. The van der Waals surface area contributed by atoms with E-state index < -0.39 is 0 Å². The second-order valence-electron chi connectivity index (χ2n) is 5.80. The summed E-state index contributed by atoms with van der Waals surface area (Å²) in [5, 5.41) is 5.24. The first kappa shape index (κ1) is 16.5. The van der Waals surface area contributed by atoms with Gasteiger partial charge in [0.25, 0.3) is 0 Å². The monoisotopic (exact) mass is 394 g/mol. The predicted molar refractivity (Wildman–Crippen MR) is 95.5 cm³/mol. The maximum atomic E-state index is 6.26. The molecule has 0 amide bonds. The van der Waals surface area contributed by atoms with E-state index in [1.54, 1.807) is 11.8 Å². The molecule has 0 radical (unpaired) electrons. The van der Waals surface area contributed by atoms with Gasteiger partial charge < -0.3 is 5.32 Å². The molecule has 1 atom stereocenters. The SMILES string of the molecule is CC(C)(C)C1CCSC(Nc2ccc(Br)c(Cl)c2Cl)=N1. The molecule has 0 saturated carbocycles. The first-order valence-corrected chi connectivity index (χ1v) is 8.93. The van der Waals surface area contributed by atoms with E-state index in [0.29, 0.717) is 16.1 Å². The molecule has 0 aliphatic carbocycles. The van der Waals surface area contributed by atoms with Gasteiger partial charge in [0, 0.05) is 10.2 Å². The lowest BCUT2D eigenvalue weighted by atomic mass is 9.85. The van der Waals surface area contributed by atoms with Crippen LogP contribution in [0, 0.1) is 5.41 Å². The first-order chi connectivity index (χ1) is 9.29. The summed E-state index contributed by atoms with van der Waals surface area (Å²) in [7, 11) is 0. The average Bonchev–Trinajstić information content (AvgIpc) is 2.39. The highest BCUT2D eigenvalue weighted by Gasteiger charge is 2.27. The van der Waals surface area contributed by atoms with Crippen molar-refractivity contribution in [2.45, 2.75) is 33.2 Å². The lowest BCUT2D eigenvalue weighted by molar-refractivity contribution is 0.316. The van der Waals surface area contributed by atoms with Crippen molar-refractivity contribution in [3.8, 4) is 0 Å². The van der Waals surface area contributed by atoms with E-state index in [9.17, 15) is 0 Å². The molecular formula is C14H17BrCl2N2S. The van der Waals surface area contributed by atoms with E-state index in [2.05, 4.69) is 42.0 Å². The van der Waals surface area contributed by atoms with Gasteiger partial charge in [0.1, 0.15) is 0 Å². The quantitative estimate of drug-likeness (QED) is 0.583. The molecule has 0 bridgehead atoms. The molecule has 2 nitrogen and oxygen atoms in total. The van der Waals surface area contributed by atoms with Crippen molar-refractivity contribution >= 4 is 61.7 Å². The number of thioether (sulfide) groups is 1. The second kappa shape index (κ2) is 6.47. The normalized spacial score (nSPS) is 19.7. The molecule has 6 heteroatoms. The van der Waals surface area contributed by atoms with Gasteiger partial charge in [-0.3, -0.25) is 4.99 Å². The molecule has 0 saturated heterocycles. The van der Waals surface area contributed by atoms with Gasteiger partial charge in [0.15, 0.2) is 5.17 Å². The van der Waals surface area contributed by atoms with Crippen molar-refractivity contribution in [2.24, 2.45) is 10.4 Å². The van der Waals surface area contributed by atoms with Crippen molar-refractivity contribution in [1.29, 1.82) is 0 Å². The Morgan fingerprint density at radius 2 is 2.00 bits per heavy atom. The Hall–Kier alpha value is 0.1000. The Labute approximate surface area is 142 Å². The van der Waals surface area contributed by atoms with Gasteiger partial charge in [0.2, 0.25) is 0 Å². The summed E-state index contributed by atoms with van der Waals surface area (Å²) in [5.41, 5.74) is 0.968. The smallest absolute Gasteiger partial charge is 0.161 e. The minimum absolute atomic E-state index is 0.176. The highest BCUT2D eigenvalue weighted by Crippen LogP contribution is 2.37. The first-order valence-electron chi connectivity index (χ1n) is 6.40. The highest BCUT2D eigenvalue weighted by molar-refractivity contribution is 9.10. The van der Waals surface area contributed by atoms with Crippen molar-refractivity contribution in [3.63, 3.8) is 0 Å². The zero-order valence-electron chi connectivity index (χ0n) is 11.6. The number of anilines is 1. The van der Waals surface area contributed by atoms with Gasteiger partial charge in [-0.1, -0.05) is 55.7 Å². The van der Waals surface area contributed by atoms with Crippen molar-refractivity contribution in [3.05, 3.63) is 26.7 Å². The summed E-state index contributed by atoms with van der Waals surface area (Å²) in [6.45, 7) is 6.66. The number of hydrogen-bond acceptors (Lipinski definition) is 3. The molecule has 20 heavy (non-hydrogen) atoms. The van der Waals surface area contributed by atoms with Gasteiger partial charge in [-0.05, 0) is 39.9 Å². The molecule has 0 fully saturated rings. The Morgan fingerprint density at radius 3 is 2.65 bits per heavy atom. The van der Waals surface area contributed by atoms with Gasteiger partial charge >= 0.3 is 0 Å². The van der Waals surface area contributed by atoms with E-state index >= 15 is 0 Å². The third-order valence-electron chi connectivity index (χ3n) is 3.18. The zero-order chi connectivity index (χ0) is 14.9. The minimum atomic E-state index is 0.176. The average molecular weight is 396 g/mol. The number of rotatable bonds is 1. The number of nitrogens with one attached hydrogen (secondary N) is 1.